The van der Waals surface area contributed by atoms with Crippen molar-refractivity contribution in [3.63, 3.8) is 0 Å². The van der Waals surface area contributed by atoms with Gasteiger partial charge in [0.1, 0.15) is 0 Å². The van der Waals surface area contributed by atoms with Crippen LogP contribution >= 0.6 is 0 Å². The lowest BCUT2D eigenvalue weighted by atomic mass is 9.96. The van der Waals surface area contributed by atoms with Crippen LogP contribution in [0.4, 0.5) is 0 Å². The smallest absolute Gasteiger partial charge is 0.271 e. The van der Waals surface area contributed by atoms with E-state index in [2.05, 4.69) is 17.0 Å². The van der Waals surface area contributed by atoms with Gasteiger partial charge in [0.25, 0.3) is 5.56 Å². The fourth-order valence-corrected chi connectivity index (χ4v) is 3.02. The zero-order valence-electron chi connectivity index (χ0n) is 9.83. The Morgan fingerprint density at radius 2 is 1.94 bits per heavy atom. The maximum absolute atomic E-state index is 12.2. The third-order valence-corrected chi connectivity index (χ3v) is 3.89. The van der Waals surface area contributed by atoms with Gasteiger partial charge in [-0.1, -0.05) is 19.3 Å². The molecule has 0 unspecified atom stereocenters. The molecule has 4 nitrogen and oxygen atoms in total. The monoisotopic (exact) mass is 221 g/mol. The minimum absolute atomic E-state index is 0.228. The Bertz CT molecular complexity index is 440. The highest BCUT2D eigenvalue weighted by Gasteiger charge is 2.26. The molecule has 0 amide bonds. The minimum atomic E-state index is 0.228. The van der Waals surface area contributed by atoms with E-state index in [1.165, 1.54) is 19.3 Å². The van der Waals surface area contributed by atoms with E-state index < -0.39 is 0 Å². The van der Waals surface area contributed by atoms with E-state index >= 15 is 0 Å². The molecule has 0 atom stereocenters. The van der Waals surface area contributed by atoms with Crippen LogP contribution in [0.15, 0.2) is 4.79 Å². The first kappa shape index (κ1) is 10.1. The predicted octanol–water partition coefficient (Wildman–Crippen LogP) is 1.63. The van der Waals surface area contributed by atoms with Crippen LogP contribution in [0.1, 0.15) is 49.4 Å². The van der Waals surface area contributed by atoms with Crippen LogP contribution in [0.2, 0.25) is 0 Å². The molecule has 0 radical (unpaired) electrons. The number of H-pyrrole nitrogens is 1. The second kappa shape index (κ2) is 3.77. The first-order valence-electron chi connectivity index (χ1n) is 6.26. The topological polar surface area (TPSA) is 41.0 Å². The third-order valence-electron chi connectivity index (χ3n) is 3.89. The summed E-state index contributed by atoms with van der Waals surface area (Å²) in [5.41, 5.74) is 2.36. The van der Waals surface area contributed by atoms with Crippen LogP contribution < -0.4 is 5.56 Å². The van der Waals surface area contributed by atoms with E-state index in [0.29, 0.717) is 6.04 Å². The van der Waals surface area contributed by atoms with Crippen molar-refractivity contribution in [3.05, 3.63) is 21.6 Å². The summed E-state index contributed by atoms with van der Waals surface area (Å²) >= 11 is 0. The molecule has 4 heteroatoms. The van der Waals surface area contributed by atoms with Gasteiger partial charge in [-0.25, -0.2) is 4.68 Å². The summed E-state index contributed by atoms with van der Waals surface area (Å²) in [6, 6.07) is 0.428. The normalized spacial score (nSPS) is 22.6. The van der Waals surface area contributed by atoms with Crippen molar-refractivity contribution >= 4 is 0 Å². The molecular formula is C12H19N3O. The van der Waals surface area contributed by atoms with Gasteiger partial charge in [-0.15, -0.1) is 0 Å². The van der Waals surface area contributed by atoms with E-state index in [9.17, 15) is 4.79 Å². The van der Waals surface area contributed by atoms with Crippen molar-refractivity contribution in [2.24, 2.45) is 0 Å². The quantitative estimate of drug-likeness (QED) is 0.783. The zero-order chi connectivity index (χ0) is 11.1. The summed E-state index contributed by atoms with van der Waals surface area (Å²) in [5, 5.41) is 3.32. The fourth-order valence-electron chi connectivity index (χ4n) is 3.02. The van der Waals surface area contributed by atoms with E-state index in [-0.39, 0.29) is 5.56 Å². The van der Waals surface area contributed by atoms with E-state index in [1.807, 2.05) is 4.68 Å². The maximum Gasteiger partial charge on any atom is 0.271 e. The molecule has 3 rings (SSSR count). The summed E-state index contributed by atoms with van der Waals surface area (Å²) in [4.78, 5) is 14.4. The van der Waals surface area contributed by atoms with Gasteiger partial charge in [0.05, 0.1) is 17.3 Å². The van der Waals surface area contributed by atoms with Gasteiger partial charge in [-0.3, -0.25) is 14.8 Å². The molecule has 0 saturated heterocycles. The molecule has 88 valence electrons. The van der Waals surface area contributed by atoms with Crippen LogP contribution in [0.5, 0.6) is 0 Å². The lowest BCUT2D eigenvalue weighted by molar-refractivity contribution is 0.306. The van der Waals surface area contributed by atoms with Gasteiger partial charge in [0.15, 0.2) is 0 Å². The minimum Gasteiger partial charge on any atom is -0.298 e. The van der Waals surface area contributed by atoms with Crippen LogP contribution in [0, 0.1) is 0 Å². The third kappa shape index (κ3) is 1.52. The zero-order valence-corrected chi connectivity index (χ0v) is 9.83. The van der Waals surface area contributed by atoms with Gasteiger partial charge < -0.3 is 0 Å². The molecular weight excluding hydrogens is 202 g/mol. The standard InChI is InChI=1S/C12H19N3O/c1-14-7-10-11(8-14)13-15(12(10)16)9-5-3-2-4-6-9/h9,13H,2-8H2,1H3. The number of fused-ring (bicyclic) bond motifs is 1. The molecule has 1 aliphatic carbocycles. The lowest BCUT2D eigenvalue weighted by Gasteiger charge is -2.22. The number of aromatic amines is 1. The number of nitrogens with zero attached hydrogens (tertiary/aromatic N) is 2. The van der Waals surface area contributed by atoms with Gasteiger partial charge in [-0.2, -0.15) is 0 Å². The summed E-state index contributed by atoms with van der Waals surface area (Å²) in [5.74, 6) is 0. The first-order valence-corrected chi connectivity index (χ1v) is 6.26. The molecule has 0 spiro atoms. The summed E-state index contributed by atoms with van der Waals surface area (Å²) in [7, 11) is 2.05. The Labute approximate surface area is 95.2 Å². The number of aromatic nitrogens is 2. The first-order chi connectivity index (χ1) is 7.75. The molecule has 1 saturated carbocycles. The number of rotatable bonds is 1. The Hall–Kier alpha value is -1.03. The predicted molar refractivity (Wildman–Crippen MR) is 62.3 cm³/mol. The van der Waals surface area contributed by atoms with Crippen molar-refractivity contribution in [2.75, 3.05) is 7.05 Å². The molecule has 0 bridgehead atoms. The highest BCUT2D eigenvalue weighted by molar-refractivity contribution is 5.21. The Morgan fingerprint density at radius 3 is 2.62 bits per heavy atom. The highest BCUT2D eigenvalue weighted by Crippen LogP contribution is 2.27. The van der Waals surface area contributed by atoms with Crippen LogP contribution in [-0.2, 0) is 13.1 Å². The molecule has 0 aromatic carbocycles. The van der Waals surface area contributed by atoms with E-state index in [1.54, 1.807) is 0 Å². The Kier molecular flexibility index (Phi) is 2.39. The summed E-state index contributed by atoms with van der Waals surface area (Å²) < 4.78 is 1.90. The van der Waals surface area contributed by atoms with Gasteiger partial charge >= 0.3 is 0 Å². The Morgan fingerprint density at radius 1 is 1.19 bits per heavy atom. The van der Waals surface area contributed by atoms with Crippen molar-refractivity contribution in [1.82, 2.24) is 14.7 Å². The average Bonchev–Trinajstić information content (AvgIpc) is 2.79. The van der Waals surface area contributed by atoms with Crippen LogP contribution in [0.3, 0.4) is 0 Å². The van der Waals surface area contributed by atoms with Crippen molar-refractivity contribution in [2.45, 2.75) is 51.2 Å². The van der Waals surface area contributed by atoms with Crippen molar-refractivity contribution in [1.29, 1.82) is 0 Å². The van der Waals surface area contributed by atoms with Crippen molar-refractivity contribution < 1.29 is 0 Å². The largest absolute Gasteiger partial charge is 0.298 e. The number of hydrogen-bond acceptors (Lipinski definition) is 2. The average molecular weight is 221 g/mol. The molecule has 16 heavy (non-hydrogen) atoms. The SMILES string of the molecule is CN1Cc2[nH]n(C3CCCCC3)c(=O)c2C1. The molecule has 1 aromatic rings. The van der Waals surface area contributed by atoms with Gasteiger partial charge in [0.2, 0.25) is 0 Å². The lowest BCUT2D eigenvalue weighted by Crippen LogP contribution is -2.27. The molecule has 1 aliphatic heterocycles. The van der Waals surface area contributed by atoms with Crippen LogP contribution in [-0.4, -0.2) is 21.7 Å². The second-order valence-corrected chi connectivity index (χ2v) is 5.21. The van der Waals surface area contributed by atoms with Gasteiger partial charge in [0, 0.05) is 13.1 Å². The molecule has 2 heterocycles. The molecule has 1 fully saturated rings. The van der Waals surface area contributed by atoms with Gasteiger partial charge in [-0.05, 0) is 19.9 Å². The summed E-state index contributed by atoms with van der Waals surface area (Å²) in [6.07, 6.45) is 6.18. The molecule has 1 aromatic heterocycles. The molecule has 2 aliphatic rings. The van der Waals surface area contributed by atoms with E-state index in [0.717, 1.165) is 37.2 Å². The number of hydrogen-bond donors (Lipinski definition) is 1. The number of nitrogens with one attached hydrogen (secondary N) is 1. The summed E-state index contributed by atoms with van der Waals surface area (Å²) in [6.45, 7) is 1.70. The Balaban J connectivity index is 1.92. The second-order valence-electron chi connectivity index (χ2n) is 5.21. The maximum atomic E-state index is 12.2. The molecule has 1 N–H and O–H groups in total. The van der Waals surface area contributed by atoms with Crippen LogP contribution in [0.25, 0.3) is 0 Å². The highest BCUT2D eigenvalue weighted by atomic mass is 16.1. The van der Waals surface area contributed by atoms with E-state index in [4.69, 9.17) is 0 Å². The fraction of sp³-hybridized carbons (Fsp3) is 0.750. The van der Waals surface area contributed by atoms with Crippen molar-refractivity contribution in [3.8, 4) is 0 Å².